The van der Waals surface area contributed by atoms with Crippen LogP contribution in [0, 0.1) is 3.57 Å². The van der Waals surface area contributed by atoms with Gasteiger partial charge in [-0.1, -0.05) is 12.1 Å². The molecule has 0 saturated heterocycles. The van der Waals surface area contributed by atoms with E-state index in [1.807, 2.05) is 0 Å². The highest BCUT2D eigenvalue weighted by atomic mass is 127. The Kier molecular flexibility index (Phi) is 3.87. The lowest BCUT2D eigenvalue weighted by Crippen LogP contribution is -2.46. The van der Waals surface area contributed by atoms with Gasteiger partial charge in [-0.2, -0.15) is 0 Å². The zero-order chi connectivity index (χ0) is 11.6. The van der Waals surface area contributed by atoms with Gasteiger partial charge in [-0.05, 0) is 66.5 Å². The molecule has 88 valence electrons. The third kappa shape index (κ3) is 2.96. The van der Waals surface area contributed by atoms with Crippen LogP contribution in [0.15, 0.2) is 24.3 Å². The molecule has 0 radical (unpaired) electrons. The summed E-state index contributed by atoms with van der Waals surface area (Å²) in [5.74, 6) is 0. The molecule has 0 aromatic heterocycles. The van der Waals surface area contributed by atoms with Crippen LogP contribution in [0.1, 0.15) is 37.8 Å². The van der Waals surface area contributed by atoms with E-state index < -0.39 is 5.60 Å². The first kappa shape index (κ1) is 12.3. The second-order valence-corrected chi connectivity index (χ2v) is 5.98. The Morgan fingerprint density at radius 3 is 2.50 bits per heavy atom. The molecule has 0 heterocycles. The number of rotatable bonds is 4. The van der Waals surface area contributed by atoms with Crippen molar-refractivity contribution in [3.8, 4) is 0 Å². The van der Waals surface area contributed by atoms with Crippen molar-refractivity contribution in [3.05, 3.63) is 33.4 Å². The van der Waals surface area contributed by atoms with E-state index in [4.69, 9.17) is 0 Å². The summed E-state index contributed by atoms with van der Waals surface area (Å²) in [7, 11) is 0. The largest absolute Gasteiger partial charge is 0.389 e. The number of benzene rings is 1. The van der Waals surface area contributed by atoms with Crippen LogP contribution in [0.5, 0.6) is 0 Å². The normalized spacial score (nSPS) is 20.2. The first-order valence-corrected chi connectivity index (χ1v) is 6.88. The Hall–Kier alpha value is -0.130. The molecule has 2 N–H and O–H groups in total. The lowest BCUT2D eigenvalue weighted by Gasteiger charge is -2.37. The topological polar surface area (TPSA) is 32.3 Å². The maximum absolute atomic E-state index is 9.99. The van der Waals surface area contributed by atoms with Crippen LogP contribution >= 0.6 is 22.6 Å². The second-order valence-electron chi connectivity index (χ2n) is 4.73. The summed E-state index contributed by atoms with van der Waals surface area (Å²) in [5, 5.41) is 13.4. The summed E-state index contributed by atoms with van der Waals surface area (Å²) >= 11 is 2.31. The van der Waals surface area contributed by atoms with E-state index in [0.717, 1.165) is 19.3 Å². The van der Waals surface area contributed by atoms with Gasteiger partial charge in [0.05, 0.1) is 5.60 Å². The van der Waals surface area contributed by atoms with Crippen LogP contribution in [0.25, 0.3) is 0 Å². The molecule has 2 nitrogen and oxygen atoms in total. The molecule has 1 unspecified atom stereocenters. The van der Waals surface area contributed by atoms with Crippen molar-refractivity contribution in [2.24, 2.45) is 0 Å². The van der Waals surface area contributed by atoms with Crippen LogP contribution in [-0.2, 0) is 0 Å². The van der Waals surface area contributed by atoms with Crippen molar-refractivity contribution in [1.82, 2.24) is 5.32 Å². The average Bonchev–Trinajstić information content (AvgIpc) is 2.24. The minimum Gasteiger partial charge on any atom is -0.389 e. The SMILES string of the molecule is CC(NCC1(O)CCC1)c1ccc(I)cc1. The van der Waals surface area contributed by atoms with E-state index in [1.165, 1.54) is 9.13 Å². The predicted octanol–water partition coefficient (Wildman–Crippen LogP) is 2.86. The van der Waals surface area contributed by atoms with Gasteiger partial charge in [0.25, 0.3) is 0 Å². The van der Waals surface area contributed by atoms with Crippen LogP contribution in [0.3, 0.4) is 0 Å². The van der Waals surface area contributed by atoms with E-state index in [2.05, 4.69) is 59.1 Å². The molecule has 0 spiro atoms. The lowest BCUT2D eigenvalue weighted by atomic mass is 9.80. The maximum Gasteiger partial charge on any atom is 0.0771 e. The molecule has 2 rings (SSSR count). The molecule has 0 bridgehead atoms. The summed E-state index contributed by atoms with van der Waals surface area (Å²) in [6.45, 7) is 2.85. The second kappa shape index (κ2) is 5.02. The molecule has 16 heavy (non-hydrogen) atoms. The molecular formula is C13H18INO. The predicted molar refractivity (Wildman–Crippen MR) is 74.4 cm³/mol. The Morgan fingerprint density at radius 2 is 2.00 bits per heavy atom. The van der Waals surface area contributed by atoms with Gasteiger partial charge in [-0.25, -0.2) is 0 Å². The van der Waals surface area contributed by atoms with Gasteiger partial charge in [-0.15, -0.1) is 0 Å². The third-order valence-corrected chi connectivity index (χ3v) is 4.11. The van der Waals surface area contributed by atoms with Gasteiger partial charge in [0.15, 0.2) is 0 Å². The summed E-state index contributed by atoms with van der Waals surface area (Å²) in [4.78, 5) is 0. The van der Waals surface area contributed by atoms with Crippen molar-refractivity contribution in [2.45, 2.75) is 37.8 Å². The van der Waals surface area contributed by atoms with Crippen molar-refractivity contribution in [1.29, 1.82) is 0 Å². The number of nitrogens with one attached hydrogen (secondary N) is 1. The van der Waals surface area contributed by atoms with E-state index in [9.17, 15) is 5.11 Å². The van der Waals surface area contributed by atoms with Crippen LogP contribution in [-0.4, -0.2) is 17.3 Å². The van der Waals surface area contributed by atoms with Gasteiger partial charge >= 0.3 is 0 Å². The molecular weight excluding hydrogens is 313 g/mol. The minimum atomic E-state index is -0.433. The van der Waals surface area contributed by atoms with Gasteiger partial charge in [0.2, 0.25) is 0 Å². The molecule has 1 aromatic carbocycles. The van der Waals surface area contributed by atoms with Gasteiger partial charge in [0, 0.05) is 16.2 Å². The smallest absolute Gasteiger partial charge is 0.0771 e. The van der Waals surface area contributed by atoms with Gasteiger partial charge in [0.1, 0.15) is 0 Å². The highest BCUT2D eigenvalue weighted by Gasteiger charge is 2.34. The molecule has 1 atom stereocenters. The van der Waals surface area contributed by atoms with Crippen molar-refractivity contribution >= 4 is 22.6 Å². The van der Waals surface area contributed by atoms with Crippen molar-refractivity contribution in [3.63, 3.8) is 0 Å². The van der Waals surface area contributed by atoms with Crippen LogP contribution in [0.2, 0.25) is 0 Å². The number of hydrogen-bond acceptors (Lipinski definition) is 2. The maximum atomic E-state index is 9.99. The fourth-order valence-electron chi connectivity index (χ4n) is 1.97. The Labute approximate surface area is 111 Å². The summed E-state index contributed by atoms with van der Waals surface area (Å²) in [6.07, 6.45) is 3.05. The van der Waals surface area contributed by atoms with Gasteiger partial charge < -0.3 is 10.4 Å². The van der Waals surface area contributed by atoms with Gasteiger partial charge in [-0.3, -0.25) is 0 Å². The van der Waals surface area contributed by atoms with Crippen molar-refractivity contribution < 1.29 is 5.11 Å². The molecule has 1 aliphatic carbocycles. The fourth-order valence-corrected chi connectivity index (χ4v) is 2.33. The van der Waals surface area contributed by atoms with Crippen molar-refractivity contribution in [2.75, 3.05) is 6.54 Å². The third-order valence-electron chi connectivity index (χ3n) is 3.39. The summed E-state index contributed by atoms with van der Waals surface area (Å²) < 4.78 is 1.26. The number of hydrogen-bond donors (Lipinski definition) is 2. The Bertz CT molecular complexity index is 345. The molecule has 1 aliphatic rings. The highest BCUT2D eigenvalue weighted by Crippen LogP contribution is 2.31. The van der Waals surface area contributed by atoms with Crippen LogP contribution in [0.4, 0.5) is 0 Å². The quantitative estimate of drug-likeness (QED) is 0.832. The molecule has 0 aliphatic heterocycles. The zero-order valence-electron chi connectivity index (χ0n) is 9.54. The Morgan fingerprint density at radius 1 is 1.38 bits per heavy atom. The molecule has 1 aromatic rings. The highest BCUT2D eigenvalue weighted by molar-refractivity contribution is 14.1. The monoisotopic (exact) mass is 331 g/mol. The molecule has 1 fully saturated rings. The Balaban J connectivity index is 1.87. The zero-order valence-corrected chi connectivity index (χ0v) is 11.7. The fraction of sp³-hybridized carbons (Fsp3) is 0.538. The number of halogens is 1. The standard InChI is InChI=1S/C13H18INO/c1-10(11-3-5-12(14)6-4-11)15-9-13(16)7-2-8-13/h3-6,10,15-16H,2,7-9H2,1H3. The van der Waals surface area contributed by atoms with E-state index in [0.29, 0.717) is 12.6 Å². The van der Waals surface area contributed by atoms with E-state index in [1.54, 1.807) is 0 Å². The first-order valence-electron chi connectivity index (χ1n) is 5.80. The first-order chi connectivity index (χ1) is 7.59. The summed E-state index contributed by atoms with van der Waals surface area (Å²) in [5.41, 5.74) is 0.848. The van der Waals surface area contributed by atoms with Crippen LogP contribution < -0.4 is 5.32 Å². The minimum absolute atomic E-state index is 0.307. The molecule has 0 amide bonds. The average molecular weight is 331 g/mol. The van der Waals surface area contributed by atoms with E-state index in [-0.39, 0.29) is 0 Å². The van der Waals surface area contributed by atoms with E-state index >= 15 is 0 Å². The lowest BCUT2D eigenvalue weighted by molar-refractivity contribution is -0.0329. The molecule has 1 saturated carbocycles. The summed E-state index contributed by atoms with van der Waals surface area (Å²) in [6, 6.07) is 8.83. The molecule has 3 heteroatoms. The number of aliphatic hydroxyl groups is 1.